The molecule has 1 heterocycles. The van der Waals surface area contributed by atoms with E-state index in [-0.39, 0.29) is 17.5 Å². The van der Waals surface area contributed by atoms with E-state index >= 15 is 0 Å². The van der Waals surface area contributed by atoms with E-state index in [9.17, 15) is 18.0 Å². The number of alkyl halides is 3. The third-order valence-electron chi connectivity index (χ3n) is 3.76. The Morgan fingerprint density at radius 2 is 1.91 bits per heavy atom. The zero-order chi connectivity index (χ0) is 15.9. The lowest BCUT2D eigenvalue weighted by atomic mass is 10.2. The highest BCUT2D eigenvalue weighted by atomic mass is 19.4. The number of anilines is 1. The van der Waals surface area contributed by atoms with Crippen molar-refractivity contribution in [3.05, 3.63) is 42.2 Å². The van der Waals surface area contributed by atoms with Crippen LogP contribution in [0.3, 0.4) is 0 Å². The molecule has 1 aliphatic carbocycles. The van der Waals surface area contributed by atoms with Gasteiger partial charge in [-0.15, -0.1) is 0 Å². The van der Waals surface area contributed by atoms with Crippen LogP contribution >= 0.6 is 0 Å². The number of hydrogen-bond acceptors (Lipinski definition) is 2. The second-order valence-corrected chi connectivity index (χ2v) is 5.48. The van der Waals surface area contributed by atoms with Gasteiger partial charge in [0.05, 0.1) is 11.9 Å². The zero-order valence-electron chi connectivity index (χ0n) is 11.8. The molecule has 1 amide bonds. The number of halogens is 3. The highest BCUT2D eigenvalue weighted by Gasteiger charge is 2.39. The van der Waals surface area contributed by atoms with Gasteiger partial charge in [-0.2, -0.15) is 18.3 Å². The topological polar surface area (TPSA) is 46.9 Å². The summed E-state index contributed by atoms with van der Waals surface area (Å²) >= 11 is 0. The molecule has 1 aromatic carbocycles. The van der Waals surface area contributed by atoms with Crippen molar-refractivity contribution in [2.24, 2.45) is 11.8 Å². The standard InChI is InChI=1S/C15H14F3N3O/c1-9-8-12(9)14(22)20-10-2-4-11(5-3-10)21-13(6-7-19-21)15(16,17)18/h2-7,9,12H,8H2,1H3,(H,20,22)/t9-,12-/m1/s1. The van der Waals surface area contributed by atoms with Crippen LogP contribution in [0.15, 0.2) is 36.5 Å². The number of nitrogens with zero attached hydrogens (tertiary/aromatic N) is 2. The van der Waals surface area contributed by atoms with Crippen LogP contribution in [0, 0.1) is 11.8 Å². The Hall–Kier alpha value is -2.31. The van der Waals surface area contributed by atoms with E-state index in [0.717, 1.165) is 23.4 Å². The summed E-state index contributed by atoms with van der Waals surface area (Å²) in [7, 11) is 0. The molecular formula is C15H14F3N3O. The molecule has 0 unspecified atom stereocenters. The van der Waals surface area contributed by atoms with Crippen LogP contribution in [-0.4, -0.2) is 15.7 Å². The van der Waals surface area contributed by atoms with Gasteiger partial charge in [0.25, 0.3) is 0 Å². The second kappa shape index (κ2) is 5.15. The molecule has 0 spiro atoms. The number of carbonyl (C=O) groups excluding carboxylic acids is 1. The summed E-state index contributed by atoms with van der Waals surface area (Å²) in [5.41, 5.74) is 0.0137. The van der Waals surface area contributed by atoms with Gasteiger partial charge in [-0.1, -0.05) is 6.92 Å². The van der Waals surface area contributed by atoms with Gasteiger partial charge in [0.1, 0.15) is 5.69 Å². The number of rotatable bonds is 3. The van der Waals surface area contributed by atoms with Crippen molar-refractivity contribution in [2.75, 3.05) is 5.32 Å². The van der Waals surface area contributed by atoms with Crippen molar-refractivity contribution >= 4 is 11.6 Å². The van der Waals surface area contributed by atoms with E-state index in [1.54, 1.807) is 12.1 Å². The summed E-state index contributed by atoms with van der Waals surface area (Å²) in [6.07, 6.45) is -2.48. The van der Waals surface area contributed by atoms with Gasteiger partial charge in [0.15, 0.2) is 0 Å². The first kappa shape index (κ1) is 14.6. The molecule has 1 saturated carbocycles. The number of amides is 1. The molecular weight excluding hydrogens is 295 g/mol. The summed E-state index contributed by atoms with van der Waals surface area (Å²) in [5, 5.41) is 6.46. The van der Waals surface area contributed by atoms with Gasteiger partial charge >= 0.3 is 6.18 Å². The third kappa shape index (κ3) is 2.84. The Bertz CT molecular complexity index is 691. The molecule has 1 fully saturated rings. The Balaban J connectivity index is 1.77. The fraction of sp³-hybridized carbons (Fsp3) is 0.333. The number of carbonyl (C=O) groups is 1. The Morgan fingerprint density at radius 1 is 1.27 bits per heavy atom. The lowest BCUT2D eigenvalue weighted by Gasteiger charge is -2.11. The molecule has 7 heteroatoms. The van der Waals surface area contributed by atoms with Crippen molar-refractivity contribution in [2.45, 2.75) is 19.5 Å². The van der Waals surface area contributed by atoms with Crippen molar-refractivity contribution in [3.8, 4) is 5.69 Å². The summed E-state index contributed by atoms with van der Waals surface area (Å²) in [4.78, 5) is 11.8. The fourth-order valence-corrected chi connectivity index (χ4v) is 2.33. The molecule has 1 aromatic heterocycles. The van der Waals surface area contributed by atoms with Gasteiger partial charge in [0.2, 0.25) is 5.91 Å². The molecule has 0 saturated heterocycles. The highest BCUT2D eigenvalue weighted by molar-refractivity contribution is 5.94. The van der Waals surface area contributed by atoms with Gasteiger partial charge in [-0.25, -0.2) is 4.68 Å². The average Bonchev–Trinajstić information content (AvgIpc) is 2.99. The van der Waals surface area contributed by atoms with Crippen LogP contribution in [0.5, 0.6) is 0 Å². The molecule has 0 radical (unpaired) electrons. The molecule has 0 aliphatic heterocycles. The van der Waals surface area contributed by atoms with E-state index in [4.69, 9.17) is 0 Å². The SMILES string of the molecule is C[C@@H]1C[C@H]1C(=O)Nc1ccc(-n2nccc2C(F)(F)F)cc1. The summed E-state index contributed by atoms with van der Waals surface area (Å²) in [6, 6.07) is 7.05. The number of hydrogen-bond donors (Lipinski definition) is 1. The molecule has 22 heavy (non-hydrogen) atoms. The minimum Gasteiger partial charge on any atom is -0.326 e. The minimum absolute atomic E-state index is 0.0441. The van der Waals surface area contributed by atoms with E-state index in [1.807, 2.05) is 6.92 Å². The van der Waals surface area contributed by atoms with E-state index in [2.05, 4.69) is 10.4 Å². The maximum Gasteiger partial charge on any atom is 0.433 e. The summed E-state index contributed by atoms with van der Waals surface area (Å²) < 4.78 is 39.3. The maximum atomic E-state index is 12.8. The summed E-state index contributed by atoms with van der Waals surface area (Å²) in [5.74, 6) is 0.399. The van der Waals surface area contributed by atoms with Crippen LogP contribution in [0.2, 0.25) is 0 Å². The summed E-state index contributed by atoms with van der Waals surface area (Å²) in [6.45, 7) is 2.00. The first-order valence-corrected chi connectivity index (χ1v) is 6.89. The molecule has 1 aliphatic rings. The van der Waals surface area contributed by atoms with E-state index < -0.39 is 11.9 Å². The van der Waals surface area contributed by atoms with E-state index in [1.165, 1.54) is 12.1 Å². The molecule has 1 N–H and O–H groups in total. The highest BCUT2D eigenvalue weighted by Crippen LogP contribution is 2.38. The monoisotopic (exact) mass is 309 g/mol. The van der Waals surface area contributed by atoms with Crippen LogP contribution < -0.4 is 5.32 Å². The molecule has 0 bridgehead atoms. The Morgan fingerprint density at radius 3 is 2.45 bits per heavy atom. The number of benzene rings is 1. The minimum atomic E-state index is -4.47. The Labute approximate surface area is 124 Å². The van der Waals surface area contributed by atoms with Gasteiger partial charge in [-0.05, 0) is 42.7 Å². The maximum absolute atomic E-state index is 12.8. The largest absolute Gasteiger partial charge is 0.433 e. The van der Waals surface area contributed by atoms with Crippen LogP contribution in [-0.2, 0) is 11.0 Å². The lowest BCUT2D eigenvalue weighted by molar-refractivity contribution is -0.142. The predicted octanol–water partition coefficient (Wildman–Crippen LogP) is 3.49. The van der Waals surface area contributed by atoms with Crippen molar-refractivity contribution in [3.63, 3.8) is 0 Å². The molecule has 116 valence electrons. The molecule has 2 aromatic rings. The van der Waals surface area contributed by atoms with Crippen molar-refractivity contribution < 1.29 is 18.0 Å². The van der Waals surface area contributed by atoms with Crippen LogP contribution in [0.25, 0.3) is 5.69 Å². The normalized spacial score (nSPS) is 20.7. The van der Waals surface area contributed by atoms with E-state index in [0.29, 0.717) is 11.6 Å². The number of nitrogens with one attached hydrogen (secondary N) is 1. The van der Waals surface area contributed by atoms with Gasteiger partial charge in [-0.3, -0.25) is 4.79 Å². The number of aromatic nitrogens is 2. The quantitative estimate of drug-likeness (QED) is 0.943. The average molecular weight is 309 g/mol. The molecule has 4 nitrogen and oxygen atoms in total. The van der Waals surface area contributed by atoms with Crippen LogP contribution in [0.1, 0.15) is 19.0 Å². The first-order chi connectivity index (χ1) is 10.4. The third-order valence-corrected chi connectivity index (χ3v) is 3.76. The second-order valence-electron chi connectivity index (χ2n) is 5.48. The molecule has 3 rings (SSSR count). The van der Waals surface area contributed by atoms with Gasteiger partial charge < -0.3 is 5.32 Å². The van der Waals surface area contributed by atoms with Gasteiger partial charge in [0, 0.05) is 11.6 Å². The fourth-order valence-electron chi connectivity index (χ4n) is 2.33. The molecule has 2 atom stereocenters. The Kier molecular flexibility index (Phi) is 3.42. The van der Waals surface area contributed by atoms with Crippen LogP contribution in [0.4, 0.5) is 18.9 Å². The first-order valence-electron chi connectivity index (χ1n) is 6.89. The van der Waals surface area contributed by atoms with Crippen molar-refractivity contribution in [1.82, 2.24) is 9.78 Å². The predicted molar refractivity (Wildman–Crippen MR) is 74.5 cm³/mol. The zero-order valence-corrected chi connectivity index (χ0v) is 11.8. The lowest BCUT2D eigenvalue weighted by Crippen LogP contribution is -2.15. The van der Waals surface area contributed by atoms with Crippen molar-refractivity contribution in [1.29, 1.82) is 0 Å². The smallest absolute Gasteiger partial charge is 0.326 e.